The Labute approximate surface area is 192 Å². The Balaban J connectivity index is 1.23. The number of fused-ring (bicyclic) bond motifs is 1. The van der Waals surface area contributed by atoms with Crippen molar-refractivity contribution >= 4 is 35.2 Å². The van der Waals surface area contributed by atoms with Gasteiger partial charge in [-0.25, -0.2) is 0 Å². The van der Waals surface area contributed by atoms with Crippen LogP contribution in [0.3, 0.4) is 0 Å². The Hall–Kier alpha value is -3.77. The van der Waals surface area contributed by atoms with E-state index in [9.17, 15) is 0 Å². The van der Waals surface area contributed by atoms with Crippen LogP contribution < -0.4 is 9.47 Å². The van der Waals surface area contributed by atoms with Crippen molar-refractivity contribution in [1.29, 1.82) is 0 Å². The predicted molar refractivity (Wildman–Crippen MR) is 132 cm³/mol. The van der Waals surface area contributed by atoms with Gasteiger partial charge in [0.1, 0.15) is 18.1 Å². The minimum Gasteiger partial charge on any atom is -0.496 e. The highest BCUT2D eigenvalue weighted by Gasteiger charge is 2.16. The lowest BCUT2D eigenvalue weighted by Gasteiger charge is -2.13. The summed E-state index contributed by atoms with van der Waals surface area (Å²) in [5.74, 6) is 1.54. The zero-order valence-corrected chi connectivity index (χ0v) is 18.6. The van der Waals surface area contributed by atoms with E-state index in [0.29, 0.717) is 6.61 Å². The van der Waals surface area contributed by atoms with E-state index in [-0.39, 0.29) is 6.10 Å². The Morgan fingerprint density at radius 1 is 1.06 bits per heavy atom. The molecule has 1 saturated heterocycles. The highest BCUT2D eigenvalue weighted by Crippen LogP contribution is 2.27. The Morgan fingerprint density at radius 3 is 2.91 bits per heavy atom. The van der Waals surface area contributed by atoms with Crippen LogP contribution >= 0.6 is 0 Å². The highest BCUT2D eigenvalue weighted by molar-refractivity contribution is 5.83. The van der Waals surface area contributed by atoms with Gasteiger partial charge in [-0.2, -0.15) is 5.10 Å². The van der Waals surface area contributed by atoms with E-state index >= 15 is 0 Å². The molecule has 0 bridgehead atoms. The number of hydrogen-bond donors (Lipinski definition) is 2. The summed E-state index contributed by atoms with van der Waals surface area (Å²) in [5.41, 5.74) is 4.99. The maximum atomic E-state index is 5.88. The third kappa shape index (κ3) is 5.18. The predicted octanol–water partition coefficient (Wildman–Crippen LogP) is 5.80. The van der Waals surface area contributed by atoms with Crippen molar-refractivity contribution in [1.82, 2.24) is 15.2 Å². The number of aromatic nitrogens is 3. The number of nitrogens with one attached hydrogen (secondary N) is 2. The van der Waals surface area contributed by atoms with E-state index < -0.39 is 0 Å². The van der Waals surface area contributed by atoms with E-state index in [1.54, 1.807) is 7.11 Å². The first-order chi connectivity index (χ1) is 16.3. The summed E-state index contributed by atoms with van der Waals surface area (Å²) in [4.78, 5) is 3.24. The van der Waals surface area contributed by atoms with Crippen LogP contribution in [0, 0.1) is 0 Å². The third-order valence-corrected chi connectivity index (χ3v) is 5.75. The van der Waals surface area contributed by atoms with Gasteiger partial charge < -0.3 is 19.2 Å². The molecule has 1 unspecified atom stereocenters. The fourth-order valence-corrected chi connectivity index (χ4v) is 3.94. The van der Waals surface area contributed by atoms with Crippen molar-refractivity contribution in [3.8, 4) is 11.5 Å². The van der Waals surface area contributed by atoms with E-state index in [4.69, 9.17) is 14.2 Å². The topological polar surface area (TPSA) is 72.2 Å². The van der Waals surface area contributed by atoms with E-state index in [2.05, 4.69) is 45.5 Å². The van der Waals surface area contributed by atoms with Crippen molar-refractivity contribution in [3.05, 3.63) is 77.2 Å². The molecule has 4 aromatic rings. The smallest absolute Gasteiger partial charge is 0.129 e. The molecule has 33 heavy (non-hydrogen) atoms. The highest BCUT2D eigenvalue weighted by atomic mass is 16.5. The average molecular weight is 442 g/mol. The monoisotopic (exact) mass is 441 g/mol. The van der Waals surface area contributed by atoms with Crippen LogP contribution in [0.5, 0.6) is 11.5 Å². The van der Waals surface area contributed by atoms with Crippen LogP contribution in [0.2, 0.25) is 0 Å². The van der Waals surface area contributed by atoms with Crippen LogP contribution in [-0.2, 0) is 4.74 Å². The van der Waals surface area contributed by atoms with E-state index in [1.807, 2.05) is 48.7 Å². The molecule has 1 fully saturated rings. The first-order valence-corrected chi connectivity index (χ1v) is 11.2. The summed E-state index contributed by atoms with van der Waals surface area (Å²) in [7, 11) is 1.67. The molecule has 1 atom stereocenters. The molecule has 2 aromatic carbocycles. The molecule has 0 radical (unpaired) electrons. The quantitative estimate of drug-likeness (QED) is 0.363. The molecule has 5 rings (SSSR count). The Bertz CT molecular complexity index is 1280. The first-order valence-electron chi connectivity index (χ1n) is 11.2. The second-order valence-corrected chi connectivity index (χ2v) is 8.09. The number of methoxy groups -OCH3 is 1. The van der Waals surface area contributed by atoms with E-state index in [0.717, 1.165) is 59.0 Å². The second kappa shape index (κ2) is 9.79. The van der Waals surface area contributed by atoms with Crippen LogP contribution in [-0.4, -0.2) is 41.6 Å². The molecule has 6 nitrogen and oxygen atoms in total. The van der Waals surface area contributed by atoms with Gasteiger partial charge in [0.15, 0.2) is 0 Å². The normalized spacial score (nSPS) is 16.3. The lowest BCUT2D eigenvalue weighted by atomic mass is 10.1. The average Bonchev–Trinajstić information content (AvgIpc) is 3.62. The maximum Gasteiger partial charge on any atom is 0.129 e. The van der Waals surface area contributed by atoms with Crippen LogP contribution in [0.4, 0.5) is 0 Å². The summed E-state index contributed by atoms with van der Waals surface area (Å²) in [6, 6.07) is 16.3. The number of aromatic amines is 2. The minimum absolute atomic E-state index is 0.190. The van der Waals surface area contributed by atoms with Gasteiger partial charge in [0.05, 0.1) is 24.6 Å². The van der Waals surface area contributed by atoms with Gasteiger partial charge in [-0.3, -0.25) is 5.10 Å². The number of nitrogens with zero attached hydrogens (tertiary/aromatic N) is 1. The van der Waals surface area contributed by atoms with Crippen molar-refractivity contribution in [2.75, 3.05) is 20.3 Å². The summed E-state index contributed by atoms with van der Waals surface area (Å²) >= 11 is 0. The fraction of sp³-hybridized carbons (Fsp3) is 0.222. The molecule has 0 amide bonds. The van der Waals surface area contributed by atoms with Gasteiger partial charge in [0.25, 0.3) is 0 Å². The lowest BCUT2D eigenvalue weighted by Crippen LogP contribution is -2.16. The van der Waals surface area contributed by atoms with Crippen LogP contribution in [0.1, 0.15) is 35.4 Å². The van der Waals surface area contributed by atoms with Crippen molar-refractivity contribution in [2.45, 2.75) is 18.9 Å². The first kappa shape index (κ1) is 21.1. The zero-order chi connectivity index (χ0) is 22.5. The molecule has 0 aliphatic carbocycles. The van der Waals surface area contributed by atoms with Gasteiger partial charge in [-0.05, 0) is 72.4 Å². The van der Waals surface area contributed by atoms with Crippen LogP contribution in [0.25, 0.3) is 35.2 Å². The van der Waals surface area contributed by atoms with Gasteiger partial charge in [-0.1, -0.05) is 18.2 Å². The SMILES string of the molecule is COc1cc(OCC2CCCO2)ccc1C=Cc1cc(C=Cc2ccc3cc[nH]c3c2)n[nH]1. The molecule has 0 saturated carbocycles. The molecule has 3 heterocycles. The number of hydrogen-bond acceptors (Lipinski definition) is 4. The molecule has 0 spiro atoms. The summed E-state index contributed by atoms with van der Waals surface area (Å²) < 4.78 is 17.1. The Kier molecular flexibility index (Phi) is 6.26. The van der Waals surface area contributed by atoms with Gasteiger partial charge in [-0.15, -0.1) is 0 Å². The molecular formula is C27H27N3O3. The zero-order valence-electron chi connectivity index (χ0n) is 18.6. The Morgan fingerprint density at radius 2 is 2.03 bits per heavy atom. The maximum absolute atomic E-state index is 5.88. The number of ether oxygens (including phenoxy) is 3. The van der Waals surface area contributed by atoms with Gasteiger partial charge in [0.2, 0.25) is 0 Å². The number of H-pyrrole nitrogens is 2. The van der Waals surface area contributed by atoms with Gasteiger partial charge >= 0.3 is 0 Å². The van der Waals surface area contributed by atoms with E-state index in [1.165, 1.54) is 5.39 Å². The third-order valence-electron chi connectivity index (χ3n) is 5.75. The minimum atomic E-state index is 0.190. The van der Waals surface area contributed by atoms with Gasteiger partial charge in [0, 0.05) is 30.0 Å². The molecule has 1 aliphatic rings. The summed E-state index contributed by atoms with van der Waals surface area (Å²) in [5, 5.41) is 8.65. The molecule has 6 heteroatoms. The van der Waals surface area contributed by atoms with Crippen LogP contribution in [0.15, 0.2) is 54.7 Å². The fourth-order valence-electron chi connectivity index (χ4n) is 3.94. The largest absolute Gasteiger partial charge is 0.496 e. The molecular weight excluding hydrogens is 414 g/mol. The standard InChI is InChI=1S/C27H27N3O3/c1-31-27-17-24(33-18-25-3-2-14-32-25)11-8-21(27)7-10-23-16-22(29-30-23)9-5-19-4-6-20-12-13-28-26(20)15-19/h4-13,15-17,25,28H,2-3,14,18H2,1H3,(H,29,30). The number of benzene rings is 2. The van der Waals surface area contributed by atoms with Crippen molar-refractivity contribution in [2.24, 2.45) is 0 Å². The molecule has 2 aromatic heterocycles. The second-order valence-electron chi connectivity index (χ2n) is 8.09. The lowest BCUT2D eigenvalue weighted by molar-refractivity contribution is 0.0679. The summed E-state index contributed by atoms with van der Waals surface area (Å²) in [6.45, 7) is 1.40. The number of rotatable bonds is 8. The molecule has 168 valence electrons. The van der Waals surface area contributed by atoms with Crippen molar-refractivity contribution < 1.29 is 14.2 Å². The summed E-state index contributed by atoms with van der Waals surface area (Å²) in [6.07, 6.45) is 12.3. The molecule has 2 N–H and O–H groups in total. The molecule has 1 aliphatic heterocycles. The van der Waals surface area contributed by atoms with Crippen molar-refractivity contribution in [3.63, 3.8) is 0 Å².